The number of H-pyrrole nitrogens is 1. The Kier molecular flexibility index (Phi) is 1.27. The standard InChI is InChI=1S/C8H11NO/c10-8(6-1-2-6)7-3-4-9-5-7/h3-6,8-10H,1-2H2/t8-/m0/s1. The fourth-order valence-corrected chi connectivity index (χ4v) is 1.20. The maximum absolute atomic E-state index is 9.53. The second-order valence-electron chi connectivity index (χ2n) is 2.93. The van der Waals surface area contributed by atoms with E-state index in [2.05, 4.69) is 4.98 Å². The third-order valence-electron chi connectivity index (χ3n) is 2.03. The molecule has 1 atom stereocenters. The quantitative estimate of drug-likeness (QED) is 0.636. The fourth-order valence-electron chi connectivity index (χ4n) is 1.20. The van der Waals surface area contributed by atoms with Gasteiger partial charge in [0.2, 0.25) is 0 Å². The van der Waals surface area contributed by atoms with Gasteiger partial charge in [-0.2, -0.15) is 0 Å². The van der Waals surface area contributed by atoms with Gasteiger partial charge in [0.25, 0.3) is 0 Å². The number of aromatic amines is 1. The summed E-state index contributed by atoms with van der Waals surface area (Å²) in [5.41, 5.74) is 1.03. The van der Waals surface area contributed by atoms with Gasteiger partial charge in [-0.05, 0) is 30.4 Å². The lowest BCUT2D eigenvalue weighted by Crippen LogP contribution is -1.96. The zero-order valence-corrected chi connectivity index (χ0v) is 5.75. The van der Waals surface area contributed by atoms with Crippen molar-refractivity contribution < 1.29 is 5.11 Å². The average Bonchev–Trinajstić information content (AvgIpc) is 2.65. The van der Waals surface area contributed by atoms with E-state index in [1.165, 1.54) is 12.8 Å². The van der Waals surface area contributed by atoms with Crippen molar-refractivity contribution in [3.8, 4) is 0 Å². The van der Waals surface area contributed by atoms with E-state index in [1.807, 2.05) is 18.5 Å². The van der Waals surface area contributed by atoms with Gasteiger partial charge < -0.3 is 10.1 Å². The van der Waals surface area contributed by atoms with Crippen LogP contribution in [-0.4, -0.2) is 10.1 Å². The molecule has 0 amide bonds. The first kappa shape index (κ1) is 5.98. The number of aromatic nitrogens is 1. The minimum Gasteiger partial charge on any atom is -0.388 e. The number of rotatable bonds is 2. The molecule has 0 unspecified atom stereocenters. The Morgan fingerprint density at radius 3 is 2.90 bits per heavy atom. The molecule has 0 bridgehead atoms. The summed E-state index contributed by atoms with van der Waals surface area (Å²) in [5.74, 6) is 0.538. The van der Waals surface area contributed by atoms with Crippen molar-refractivity contribution in [1.29, 1.82) is 0 Å². The Morgan fingerprint density at radius 2 is 2.40 bits per heavy atom. The van der Waals surface area contributed by atoms with Crippen molar-refractivity contribution in [2.75, 3.05) is 0 Å². The van der Waals surface area contributed by atoms with Crippen molar-refractivity contribution in [2.45, 2.75) is 18.9 Å². The van der Waals surface area contributed by atoms with Crippen LogP contribution in [0.25, 0.3) is 0 Å². The number of nitrogens with one attached hydrogen (secondary N) is 1. The summed E-state index contributed by atoms with van der Waals surface area (Å²) in [6.07, 6.45) is 5.87. The third kappa shape index (κ3) is 0.948. The molecule has 54 valence electrons. The van der Waals surface area contributed by atoms with E-state index in [-0.39, 0.29) is 6.10 Å². The summed E-state index contributed by atoms with van der Waals surface area (Å²) < 4.78 is 0. The number of aliphatic hydroxyl groups is 1. The van der Waals surface area contributed by atoms with E-state index in [9.17, 15) is 5.11 Å². The Hall–Kier alpha value is -0.760. The second-order valence-corrected chi connectivity index (χ2v) is 2.93. The summed E-state index contributed by atoms with van der Waals surface area (Å²) in [7, 11) is 0. The van der Waals surface area contributed by atoms with Crippen LogP contribution in [0, 0.1) is 5.92 Å². The molecule has 1 aromatic rings. The van der Waals surface area contributed by atoms with Gasteiger partial charge in [-0.1, -0.05) is 0 Å². The molecule has 0 saturated heterocycles. The van der Waals surface area contributed by atoms with E-state index >= 15 is 0 Å². The average molecular weight is 137 g/mol. The Morgan fingerprint density at radius 1 is 1.60 bits per heavy atom. The molecule has 10 heavy (non-hydrogen) atoms. The Labute approximate surface area is 59.9 Å². The molecule has 2 heteroatoms. The molecular weight excluding hydrogens is 126 g/mol. The number of aliphatic hydroxyl groups excluding tert-OH is 1. The van der Waals surface area contributed by atoms with E-state index in [0.29, 0.717) is 5.92 Å². The molecule has 0 radical (unpaired) electrons. The number of hydrogen-bond donors (Lipinski definition) is 2. The highest BCUT2D eigenvalue weighted by atomic mass is 16.3. The zero-order chi connectivity index (χ0) is 6.97. The van der Waals surface area contributed by atoms with Crippen molar-refractivity contribution in [3.63, 3.8) is 0 Å². The smallest absolute Gasteiger partial charge is 0.0832 e. The van der Waals surface area contributed by atoms with E-state index in [1.54, 1.807) is 0 Å². The van der Waals surface area contributed by atoms with Gasteiger partial charge in [0.1, 0.15) is 0 Å². The molecular formula is C8H11NO. The summed E-state index contributed by atoms with van der Waals surface area (Å²) >= 11 is 0. The normalized spacial score (nSPS) is 20.9. The van der Waals surface area contributed by atoms with Gasteiger partial charge in [-0.15, -0.1) is 0 Å². The van der Waals surface area contributed by atoms with Crippen LogP contribution < -0.4 is 0 Å². The van der Waals surface area contributed by atoms with Crippen molar-refractivity contribution in [1.82, 2.24) is 4.98 Å². The van der Waals surface area contributed by atoms with Gasteiger partial charge >= 0.3 is 0 Å². The molecule has 1 saturated carbocycles. The topological polar surface area (TPSA) is 36.0 Å². The van der Waals surface area contributed by atoms with Gasteiger partial charge in [0.05, 0.1) is 6.10 Å². The lowest BCUT2D eigenvalue weighted by molar-refractivity contribution is 0.154. The van der Waals surface area contributed by atoms with Crippen LogP contribution in [0.1, 0.15) is 24.5 Å². The summed E-state index contributed by atoms with van der Waals surface area (Å²) in [6.45, 7) is 0. The summed E-state index contributed by atoms with van der Waals surface area (Å²) in [4.78, 5) is 2.93. The molecule has 2 rings (SSSR count). The fraction of sp³-hybridized carbons (Fsp3) is 0.500. The van der Waals surface area contributed by atoms with Crippen LogP contribution in [0.4, 0.5) is 0 Å². The van der Waals surface area contributed by atoms with Gasteiger partial charge in [0.15, 0.2) is 0 Å². The molecule has 2 nitrogen and oxygen atoms in total. The highest BCUT2D eigenvalue weighted by Crippen LogP contribution is 2.40. The highest BCUT2D eigenvalue weighted by Gasteiger charge is 2.30. The van der Waals surface area contributed by atoms with Crippen LogP contribution in [0.15, 0.2) is 18.5 Å². The molecule has 1 aliphatic rings. The van der Waals surface area contributed by atoms with Gasteiger partial charge in [0, 0.05) is 12.4 Å². The van der Waals surface area contributed by atoms with Crippen LogP contribution in [-0.2, 0) is 0 Å². The molecule has 0 spiro atoms. The maximum Gasteiger partial charge on any atom is 0.0832 e. The first-order valence-electron chi connectivity index (χ1n) is 3.68. The minimum absolute atomic E-state index is 0.216. The molecule has 1 fully saturated rings. The first-order valence-corrected chi connectivity index (χ1v) is 3.68. The Balaban J connectivity index is 2.11. The molecule has 1 aromatic heterocycles. The summed E-state index contributed by atoms with van der Waals surface area (Å²) in [6, 6.07) is 1.93. The lowest BCUT2D eigenvalue weighted by atomic mass is 10.1. The van der Waals surface area contributed by atoms with Crippen LogP contribution in [0.5, 0.6) is 0 Å². The molecule has 0 aromatic carbocycles. The second kappa shape index (κ2) is 2.13. The molecule has 2 N–H and O–H groups in total. The van der Waals surface area contributed by atoms with E-state index < -0.39 is 0 Å². The minimum atomic E-state index is -0.216. The zero-order valence-electron chi connectivity index (χ0n) is 5.75. The monoisotopic (exact) mass is 137 g/mol. The molecule has 1 aliphatic carbocycles. The van der Waals surface area contributed by atoms with Crippen molar-refractivity contribution >= 4 is 0 Å². The Bertz CT molecular complexity index is 201. The van der Waals surface area contributed by atoms with E-state index in [4.69, 9.17) is 0 Å². The maximum atomic E-state index is 9.53. The highest BCUT2D eigenvalue weighted by molar-refractivity contribution is 5.14. The lowest BCUT2D eigenvalue weighted by Gasteiger charge is -2.04. The third-order valence-corrected chi connectivity index (χ3v) is 2.03. The van der Waals surface area contributed by atoms with Crippen LogP contribution in [0.2, 0.25) is 0 Å². The number of hydrogen-bond acceptors (Lipinski definition) is 1. The molecule has 1 heterocycles. The first-order chi connectivity index (χ1) is 4.88. The van der Waals surface area contributed by atoms with E-state index in [0.717, 1.165) is 5.56 Å². The predicted octanol–water partition coefficient (Wildman–Crippen LogP) is 1.46. The van der Waals surface area contributed by atoms with Crippen molar-refractivity contribution in [2.24, 2.45) is 5.92 Å². The largest absolute Gasteiger partial charge is 0.388 e. The molecule has 0 aliphatic heterocycles. The van der Waals surface area contributed by atoms with Gasteiger partial charge in [-0.25, -0.2) is 0 Å². The van der Waals surface area contributed by atoms with Crippen LogP contribution >= 0.6 is 0 Å². The van der Waals surface area contributed by atoms with Crippen molar-refractivity contribution in [3.05, 3.63) is 24.0 Å². The summed E-state index contributed by atoms with van der Waals surface area (Å²) in [5, 5.41) is 9.53. The van der Waals surface area contributed by atoms with Crippen LogP contribution in [0.3, 0.4) is 0 Å². The SMILES string of the molecule is O[C@H](c1cc[nH]c1)C1CC1. The van der Waals surface area contributed by atoms with Gasteiger partial charge in [-0.3, -0.25) is 0 Å². The predicted molar refractivity (Wildman–Crippen MR) is 38.5 cm³/mol.